The second kappa shape index (κ2) is 15.2. The molecule has 0 bridgehead atoms. The van der Waals surface area contributed by atoms with Crippen LogP contribution in [-0.2, 0) is 9.53 Å². The standard InChI is InChI=1S/C16H30O3/c1-2-3-4-5-6-7-8-9-10-11-12-13-14-19-16(18)15-17/h11-12,17H,2-10,13-15H2,1H3. The maximum atomic E-state index is 10.6. The molecule has 19 heavy (non-hydrogen) atoms. The van der Waals surface area contributed by atoms with Crippen LogP contribution in [0.2, 0.25) is 0 Å². The van der Waals surface area contributed by atoms with E-state index in [-0.39, 0.29) is 0 Å². The molecule has 0 aromatic rings. The lowest BCUT2D eigenvalue weighted by Crippen LogP contribution is -2.09. The number of ether oxygens (including phenoxy) is 1. The first-order valence-corrected chi connectivity index (χ1v) is 7.72. The third-order valence-electron chi connectivity index (χ3n) is 3.07. The van der Waals surface area contributed by atoms with Crippen LogP contribution in [0.4, 0.5) is 0 Å². The van der Waals surface area contributed by atoms with Crippen LogP contribution in [0.1, 0.15) is 71.1 Å². The predicted octanol–water partition coefficient (Wildman–Crippen LogP) is 4.00. The molecule has 1 N–H and O–H groups in total. The number of aliphatic hydroxyl groups is 1. The highest BCUT2D eigenvalue weighted by Crippen LogP contribution is 2.09. The zero-order valence-electron chi connectivity index (χ0n) is 12.4. The Morgan fingerprint density at radius 3 is 2.16 bits per heavy atom. The number of hydrogen-bond acceptors (Lipinski definition) is 3. The van der Waals surface area contributed by atoms with E-state index >= 15 is 0 Å². The van der Waals surface area contributed by atoms with Gasteiger partial charge in [-0.15, -0.1) is 0 Å². The highest BCUT2D eigenvalue weighted by Gasteiger charge is 1.96. The molecule has 112 valence electrons. The summed E-state index contributed by atoms with van der Waals surface area (Å²) in [6.07, 6.45) is 16.8. The van der Waals surface area contributed by atoms with Gasteiger partial charge in [0.1, 0.15) is 6.61 Å². The van der Waals surface area contributed by atoms with Crippen LogP contribution in [0.15, 0.2) is 12.2 Å². The molecule has 0 amide bonds. The third-order valence-corrected chi connectivity index (χ3v) is 3.07. The van der Waals surface area contributed by atoms with Crippen molar-refractivity contribution in [1.82, 2.24) is 0 Å². The summed E-state index contributed by atoms with van der Waals surface area (Å²) in [5, 5.41) is 8.43. The molecule has 0 rings (SSSR count). The second-order valence-electron chi connectivity index (χ2n) is 4.90. The predicted molar refractivity (Wildman–Crippen MR) is 79.0 cm³/mol. The quantitative estimate of drug-likeness (QED) is 0.312. The molecule has 0 saturated heterocycles. The molecule has 0 atom stereocenters. The number of carbonyl (C=O) groups is 1. The van der Waals surface area contributed by atoms with E-state index in [0.29, 0.717) is 6.61 Å². The Bertz CT molecular complexity index is 224. The molecular weight excluding hydrogens is 240 g/mol. The molecular formula is C16H30O3. The average Bonchev–Trinajstić information content (AvgIpc) is 2.43. The summed E-state index contributed by atoms with van der Waals surface area (Å²) < 4.78 is 4.74. The lowest BCUT2D eigenvalue weighted by molar-refractivity contribution is -0.146. The molecule has 0 aromatic carbocycles. The minimum absolute atomic E-state index is 0.368. The van der Waals surface area contributed by atoms with E-state index in [9.17, 15) is 4.79 Å². The minimum Gasteiger partial charge on any atom is -0.464 e. The third kappa shape index (κ3) is 15.1. The van der Waals surface area contributed by atoms with Crippen molar-refractivity contribution < 1.29 is 14.6 Å². The van der Waals surface area contributed by atoms with Crippen LogP contribution in [0.3, 0.4) is 0 Å². The largest absolute Gasteiger partial charge is 0.464 e. The number of rotatable bonds is 13. The van der Waals surface area contributed by atoms with Crippen molar-refractivity contribution in [1.29, 1.82) is 0 Å². The molecule has 0 aromatic heterocycles. The van der Waals surface area contributed by atoms with E-state index in [1.54, 1.807) is 0 Å². The Kier molecular flexibility index (Phi) is 14.6. The Hall–Kier alpha value is -0.830. The summed E-state index contributed by atoms with van der Waals surface area (Å²) in [6, 6.07) is 0. The maximum Gasteiger partial charge on any atom is 0.331 e. The lowest BCUT2D eigenvalue weighted by Gasteiger charge is -2.00. The van der Waals surface area contributed by atoms with Gasteiger partial charge in [-0.1, -0.05) is 64.0 Å². The maximum absolute atomic E-state index is 10.6. The molecule has 0 spiro atoms. The zero-order valence-corrected chi connectivity index (χ0v) is 12.4. The smallest absolute Gasteiger partial charge is 0.331 e. The normalized spacial score (nSPS) is 11.1. The van der Waals surface area contributed by atoms with Gasteiger partial charge in [-0.05, 0) is 19.3 Å². The summed E-state index contributed by atoms with van der Waals surface area (Å²) in [5.41, 5.74) is 0. The fourth-order valence-corrected chi connectivity index (χ4v) is 1.92. The van der Waals surface area contributed by atoms with Crippen molar-refractivity contribution >= 4 is 5.97 Å². The first-order chi connectivity index (χ1) is 9.31. The molecule has 3 heteroatoms. The van der Waals surface area contributed by atoms with Gasteiger partial charge in [0, 0.05) is 0 Å². The van der Waals surface area contributed by atoms with E-state index in [4.69, 9.17) is 9.84 Å². The molecule has 0 aliphatic heterocycles. The van der Waals surface area contributed by atoms with E-state index in [2.05, 4.69) is 13.0 Å². The van der Waals surface area contributed by atoms with E-state index in [0.717, 1.165) is 12.8 Å². The Morgan fingerprint density at radius 1 is 0.947 bits per heavy atom. The molecule has 0 fully saturated rings. The minimum atomic E-state index is -0.545. The summed E-state index contributed by atoms with van der Waals surface area (Å²) in [6.45, 7) is 2.09. The van der Waals surface area contributed by atoms with Gasteiger partial charge in [-0.25, -0.2) is 4.79 Å². The SMILES string of the molecule is CCCCCCCCCCC=CCCOC(=O)CO. The summed E-state index contributed by atoms with van der Waals surface area (Å²) in [5.74, 6) is -0.545. The van der Waals surface area contributed by atoms with E-state index < -0.39 is 12.6 Å². The number of aliphatic hydroxyl groups excluding tert-OH is 1. The first kappa shape index (κ1) is 18.2. The van der Waals surface area contributed by atoms with Gasteiger partial charge in [-0.3, -0.25) is 0 Å². The Balaban J connectivity index is 3.10. The van der Waals surface area contributed by atoms with Crippen LogP contribution in [0.5, 0.6) is 0 Å². The van der Waals surface area contributed by atoms with E-state index in [1.807, 2.05) is 6.08 Å². The van der Waals surface area contributed by atoms with Gasteiger partial charge in [0.25, 0.3) is 0 Å². The van der Waals surface area contributed by atoms with Crippen LogP contribution >= 0.6 is 0 Å². The zero-order chi connectivity index (χ0) is 14.2. The average molecular weight is 270 g/mol. The van der Waals surface area contributed by atoms with Crippen LogP contribution in [-0.4, -0.2) is 24.3 Å². The fourth-order valence-electron chi connectivity index (χ4n) is 1.92. The molecule has 0 heterocycles. The van der Waals surface area contributed by atoms with Gasteiger partial charge in [0.05, 0.1) is 6.61 Å². The van der Waals surface area contributed by atoms with Crippen molar-refractivity contribution in [3.05, 3.63) is 12.2 Å². The molecule has 0 aliphatic carbocycles. The van der Waals surface area contributed by atoms with Gasteiger partial charge in [0.2, 0.25) is 0 Å². The summed E-state index contributed by atoms with van der Waals surface area (Å²) in [7, 11) is 0. The number of allylic oxidation sites excluding steroid dienone is 1. The highest BCUT2D eigenvalue weighted by molar-refractivity contribution is 5.70. The molecule has 0 radical (unpaired) electrons. The Labute approximate surface area is 118 Å². The van der Waals surface area contributed by atoms with Gasteiger partial charge >= 0.3 is 5.97 Å². The first-order valence-electron chi connectivity index (χ1n) is 7.72. The van der Waals surface area contributed by atoms with Crippen molar-refractivity contribution in [3.8, 4) is 0 Å². The summed E-state index contributed by atoms with van der Waals surface area (Å²) in [4.78, 5) is 10.6. The van der Waals surface area contributed by atoms with Crippen LogP contribution < -0.4 is 0 Å². The fraction of sp³-hybridized carbons (Fsp3) is 0.812. The molecule has 3 nitrogen and oxygen atoms in total. The second-order valence-corrected chi connectivity index (χ2v) is 4.90. The van der Waals surface area contributed by atoms with Crippen LogP contribution in [0, 0.1) is 0 Å². The van der Waals surface area contributed by atoms with Gasteiger partial charge < -0.3 is 9.84 Å². The van der Waals surface area contributed by atoms with Crippen molar-refractivity contribution in [2.75, 3.05) is 13.2 Å². The monoisotopic (exact) mass is 270 g/mol. The number of hydrogen-bond donors (Lipinski definition) is 1. The van der Waals surface area contributed by atoms with E-state index in [1.165, 1.54) is 51.4 Å². The van der Waals surface area contributed by atoms with Crippen molar-refractivity contribution in [3.63, 3.8) is 0 Å². The van der Waals surface area contributed by atoms with Crippen molar-refractivity contribution in [2.24, 2.45) is 0 Å². The summed E-state index contributed by atoms with van der Waals surface area (Å²) >= 11 is 0. The van der Waals surface area contributed by atoms with Crippen molar-refractivity contribution in [2.45, 2.75) is 71.1 Å². The topological polar surface area (TPSA) is 46.5 Å². The molecule has 0 unspecified atom stereocenters. The number of carbonyl (C=O) groups excluding carboxylic acids is 1. The van der Waals surface area contributed by atoms with Gasteiger partial charge in [0.15, 0.2) is 0 Å². The Morgan fingerprint density at radius 2 is 1.53 bits per heavy atom. The molecule has 0 aliphatic rings. The van der Waals surface area contributed by atoms with Gasteiger partial charge in [-0.2, -0.15) is 0 Å². The number of unbranched alkanes of at least 4 members (excludes halogenated alkanes) is 8. The number of esters is 1. The van der Waals surface area contributed by atoms with Crippen LogP contribution in [0.25, 0.3) is 0 Å². The lowest BCUT2D eigenvalue weighted by atomic mass is 10.1. The molecule has 0 saturated carbocycles. The highest BCUT2D eigenvalue weighted by atomic mass is 16.5.